The summed E-state index contributed by atoms with van der Waals surface area (Å²) in [4.78, 5) is 20.4. The molecule has 1 amide bonds. The summed E-state index contributed by atoms with van der Waals surface area (Å²) in [6.45, 7) is -0.0717. The van der Waals surface area contributed by atoms with Crippen LogP contribution in [0, 0.1) is 15.9 Å². The van der Waals surface area contributed by atoms with Crippen molar-refractivity contribution in [1.29, 1.82) is 0 Å². The summed E-state index contributed by atoms with van der Waals surface area (Å²) in [5, 5.41) is 10.3. The predicted molar refractivity (Wildman–Crippen MR) is 55.5 cm³/mol. The molecule has 0 aliphatic heterocycles. The molecule has 0 fully saturated rings. The maximum absolute atomic E-state index is 13.3. The molecular weight excluding hydrogens is 233 g/mol. The lowest BCUT2D eigenvalue weighted by atomic mass is 10.3. The van der Waals surface area contributed by atoms with E-state index in [1.54, 1.807) is 0 Å². The molecule has 0 spiro atoms. The summed E-state index contributed by atoms with van der Waals surface area (Å²) in [5.41, 5.74) is 1.52. The average Bonchev–Trinajstić information content (AvgIpc) is 2.30. The SMILES string of the molecule is NNC(=O)CCOc1ccc([N+](=O)[O-])cc1F. The molecule has 0 unspecified atom stereocenters. The minimum atomic E-state index is -0.854. The van der Waals surface area contributed by atoms with Gasteiger partial charge in [-0.15, -0.1) is 0 Å². The molecular formula is C9H10FN3O4. The van der Waals surface area contributed by atoms with Gasteiger partial charge in [0.1, 0.15) is 0 Å². The molecule has 0 atom stereocenters. The first-order valence-electron chi connectivity index (χ1n) is 4.60. The van der Waals surface area contributed by atoms with Crippen molar-refractivity contribution in [2.75, 3.05) is 6.61 Å². The summed E-state index contributed by atoms with van der Waals surface area (Å²) >= 11 is 0. The highest BCUT2D eigenvalue weighted by molar-refractivity contribution is 5.75. The third-order valence-electron chi connectivity index (χ3n) is 1.87. The van der Waals surface area contributed by atoms with Gasteiger partial charge in [0.15, 0.2) is 11.6 Å². The molecule has 0 saturated heterocycles. The summed E-state index contributed by atoms with van der Waals surface area (Å²) in [6, 6.07) is 2.99. The molecule has 0 bridgehead atoms. The number of hydrogen-bond donors (Lipinski definition) is 2. The van der Waals surface area contributed by atoms with Gasteiger partial charge in [-0.3, -0.25) is 20.3 Å². The highest BCUT2D eigenvalue weighted by Crippen LogP contribution is 2.22. The number of carbonyl (C=O) groups is 1. The van der Waals surface area contributed by atoms with E-state index in [0.29, 0.717) is 0 Å². The number of halogens is 1. The highest BCUT2D eigenvalue weighted by Gasteiger charge is 2.11. The van der Waals surface area contributed by atoms with Crippen molar-refractivity contribution in [3.8, 4) is 5.75 Å². The standard InChI is InChI=1S/C9H10FN3O4/c10-7-5-6(13(15)16)1-2-8(7)17-4-3-9(14)12-11/h1-2,5H,3-4,11H2,(H,12,14). The van der Waals surface area contributed by atoms with Crippen LogP contribution in [0.25, 0.3) is 0 Å². The van der Waals surface area contributed by atoms with E-state index >= 15 is 0 Å². The molecule has 1 aromatic rings. The van der Waals surface area contributed by atoms with Crippen LogP contribution in [0.3, 0.4) is 0 Å². The quantitative estimate of drug-likeness (QED) is 0.338. The Morgan fingerprint density at radius 1 is 1.59 bits per heavy atom. The Labute approximate surface area is 95.5 Å². The van der Waals surface area contributed by atoms with E-state index in [9.17, 15) is 19.3 Å². The van der Waals surface area contributed by atoms with Crippen molar-refractivity contribution in [3.63, 3.8) is 0 Å². The number of carbonyl (C=O) groups excluding carboxylic acids is 1. The monoisotopic (exact) mass is 243 g/mol. The van der Waals surface area contributed by atoms with Gasteiger partial charge in [0.2, 0.25) is 5.91 Å². The first-order chi connectivity index (χ1) is 8.04. The molecule has 3 N–H and O–H groups in total. The summed E-state index contributed by atoms with van der Waals surface area (Å²) in [6.07, 6.45) is -0.0348. The number of hydrazine groups is 1. The molecule has 92 valence electrons. The molecule has 0 saturated carbocycles. The number of rotatable bonds is 5. The number of nitrogens with two attached hydrogens (primary N) is 1. The van der Waals surface area contributed by atoms with Gasteiger partial charge < -0.3 is 4.74 Å². The molecule has 0 radical (unpaired) electrons. The number of non-ortho nitro benzene ring substituents is 1. The van der Waals surface area contributed by atoms with Crippen molar-refractivity contribution in [2.45, 2.75) is 6.42 Å². The van der Waals surface area contributed by atoms with Crippen molar-refractivity contribution in [1.82, 2.24) is 5.43 Å². The third-order valence-corrected chi connectivity index (χ3v) is 1.87. The predicted octanol–water partition coefficient (Wildman–Crippen LogP) is 0.493. The van der Waals surface area contributed by atoms with Crippen LogP contribution in [0.5, 0.6) is 5.75 Å². The Balaban J connectivity index is 2.60. The van der Waals surface area contributed by atoms with Crippen LogP contribution in [-0.4, -0.2) is 17.4 Å². The Morgan fingerprint density at radius 3 is 2.82 bits per heavy atom. The topological polar surface area (TPSA) is 107 Å². The molecule has 0 aliphatic carbocycles. The Kier molecular flexibility index (Phi) is 4.35. The van der Waals surface area contributed by atoms with Gasteiger partial charge in [0.25, 0.3) is 5.69 Å². The Morgan fingerprint density at radius 2 is 2.29 bits per heavy atom. The highest BCUT2D eigenvalue weighted by atomic mass is 19.1. The van der Waals surface area contributed by atoms with E-state index in [-0.39, 0.29) is 24.5 Å². The maximum Gasteiger partial charge on any atom is 0.272 e. The first kappa shape index (κ1) is 12.8. The smallest absolute Gasteiger partial charge is 0.272 e. The largest absolute Gasteiger partial charge is 0.490 e. The van der Waals surface area contributed by atoms with Crippen LogP contribution in [0.2, 0.25) is 0 Å². The molecule has 0 aromatic heterocycles. The van der Waals surface area contributed by atoms with Crippen molar-refractivity contribution in [2.24, 2.45) is 5.84 Å². The van der Waals surface area contributed by atoms with E-state index in [4.69, 9.17) is 10.6 Å². The zero-order valence-corrected chi connectivity index (χ0v) is 8.68. The Hall–Kier alpha value is -2.22. The number of nitro groups is 1. The van der Waals surface area contributed by atoms with Gasteiger partial charge in [-0.1, -0.05) is 0 Å². The van der Waals surface area contributed by atoms with Crippen molar-refractivity contribution in [3.05, 3.63) is 34.1 Å². The van der Waals surface area contributed by atoms with Crippen LogP contribution in [0.4, 0.5) is 10.1 Å². The number of benzene rings is 1. The average molecular weight is 243 g/mol. The lowest BCUT2D eigenvalue weighted by Gasteiger charge is -2.06. The molecule has 0 aliphatic rings. The van der Waals surface area contributed by atoms with Crippen LogP contribution >= 0.6 is 0 Å². The van der Waals surface area contributed by atoms with Gasteiger partial charge in [-0.05, 0) is 6.07 Å². The van der Waals surface area contributed by atoms with E-state index in [2.05, 4.69) is 0 Å². The van der Waals surface area contributed by atoms with Gasteiger partial charge >= 0.3 is 0 Å². The molecule has 1 rings (SSSR count). The lowest BCUT2D eigenvalue weighted by molar-refractivity contribution is -0.385. The van der Waals surface area contributed by atoms with E-state index in [1.165, 1.54) is 0 Å². The second kappa shape index (κ2) is 5.75. The van der Waals surface area contributed by atoms with Gasteiger partial charge in [0.05, 0.1) is 24.0 Å². The van der Waals surface area contributed by atoms with Crippen LogP contribution < -0.4 is 16.0 Å². The zero-order valence-electron chi connectivity index (χ0n) is 8.68. The number of amides is 1. The van der Waals surface area contributed by atoms with Crippen molar-refractivity contribution < 1.29 is 18.8 Å². The summed E-state index contributed by atoms with van der Waals surface area (Å²) < 4.78 is 18.2. The van der Waals surface area contributed by atoms with Crippen LogP contribution in [0.15, 0.2) is 18.2 Å². The number of nitrogens with zero attached hydrogens (tertiary/aromatic N) is 1. The van der Waals surface area contributed by atoms with E-state index in [1.807, 2.05) is 5.43 Å². The zero-order chi connectivity index (χ0) is 12.8. The number of nitrogens with one attached hydrogen (secondary N) is 1. The maximum atomic E-state index is 13.3. The fourth-order valence-electron chi connectivity index (χ4n) is 1.05. The minimum Gasteiger partial charge on any atom is -0.490 e. The molecule has 7 nitrogen and oxygen atoms in total. The molecule has 1 aromatic carbocycles. The normalized spacial score (nSPS) is 9.76. The summed E-state index contributed by atoms with van der Waals surface area (Å²) in [7, 11) is 0. The third kappa shape index (κ3) is 3.68. The molecule has 0 heterocycles. The molecule has 8 heteroatoms. The second-order valence-corrected chi connectivity index (χ2v) is 3.04. The van der Waals surface area contributed by atoms with Gasteiger partial charge in [-0.2, -0.15) is 0 Å². The molecule has 17 heavy (non-hydrogen) atoms. The second-order valence-electron chi connectivity index (χ2n) is 3.04. The minimum absolute atomic E-state index is 0.0348. The lowest BCUT2D eigenvalue weighted by Crippen LogP contribution is -2.31. The first-order valence-corrected chi connectivity index (χ1v) is 4.60. The Bertz CT molecular complexity index is 438. The fraction of sp³-hybridized carbons (Fsp3) is 0.222. The fourth-order valence-corrected chi connectivity index (χ4v) is 1.05. The number of hydrogen-bond acceptors (Lipinski definition) is 5. The number of ether oxygens (including phenoxy) is 1. The van der Waals surface area contributed by atoms with Gasteiger partial charge in [0, 0.05) is 6.07 Å². The van der Waals surface area contributed by atoms with Gasteiger partial charge in [-0.25, -0.2) is 10.2 Å². The summed E-state index contributed by atoms with van der Waals surface area (Å²) in [5.74, 6) is 3.37. The van der Waals surface area contributed by atoms with Crippen LogP contribution in [-0.2, 0) is 4.79 Å². The number of nitro benzene ring substituents is 1. The van der Waals surface area contributed by atoms with Crippen LogP contribution in [0.1, 0.15) is 6.42 Å². The van der Waals surface area contributed by atoms with E-state index < -0.39 is 16.6 Å². The van der Waals surface area contributed by atoms with E-state index in [0.717, 1.165) is 18.2 Å². The van der Waals surface area contributed by atoms with Crippen molar-refractivity contribution >= 4 is 11.6 Å².